The van der Waals surface area contributed by atoms with Gasteiger partial charge in [-0.2, -0.15) is 4.98 Å². The van der Waals surface area contributed by atoms with Crippen LogP contribution >= 0.6 is 0 Å². The maximum absolute atomic E-state index is 13.2. The summed E-state index contributed by atoms with van der Waals surface area (Å²) in [5.74, 6) is -2.37. The van der Waals surface area contributed by atoms with E-state index in [9.17, 15) is 13.6 Å². The third-order valence-electron chi connectivity index (χ3n) is 2.92. The van der Waals surface area contributed by atoms with E-state index in [2.05, 4.69) is 10.1 Å². The van der Waals surface area contributed by atoms with Gasteiger partial charge in [0.1, 0.15) is 5.41 Å². The van der Waals surface area contributed by atoms with Crippen LogP contribution in [0.25, 0.3) is 11.4 Å². The summed E-state index contributed by atoms with van der Waals surface area (Å²) in [6.07, 6.45) is 0. The second-order valence-electron chi connectivity index (χ2n) is 4.90. The number of benzene rings is 1. The molecule has 2 aromatic rings. The normalized spacial score (nSPS) is 11.5. The lowest BCUT2D eigenvalue weighted by atomic mass is 9.94. The molecule has 1 aromatic heterocycles. The van der Waals surface area contributed by atoms with E-state index in [1.807, 2.05) is 0 Å². The van der Waals surface area contributed by atoms with Crippen LogP contribution in [0.3, 0.4) is 0 Å². The number of rotatable bonds is 4. The van der Waals surface area contributed by atoms with Crippen molar-refractivity contribution in [3.63, 3.8) is 0 Å². The van der Waals surface area contributed by atoms with E-state index in [0.29, 0.717) is 0 Å². The average Bonchev–Trinajstić information content (AvgIpc) is 2.92. The molecule has 7 heteroatoms. The summed E-state index contributed by atoms with van der Waals surface area (Å²) < 4.78 is 36.1. The molecular formula is C14H14F2N2O3. The van der Waals surface area contributed by atoms with Crippen molar-refractivity contribution < 1.29 is 22.8 Å². The zero-order valence-corrected chi connectivity index (χ0v) is 11.8. The second-order valence-corrected chi connectivity index (χ2v) is 4.90. The Kier molecular flexibility index (Phi) is 4.02. The minimum atomic E-state index is -1.13. The molecular weight excluding hydrogens is 282 g/mol. The minimum absolute atomic E-state index is 0.0423. The van der Waals surface area contributed by atoms with E-state index in [0.717, 1.165) is 12.1 Å². The minimum Gasteiger partial charge on any atom is -0.465 e. The van der Waals surface area contributed by atoms with Crippen LogP contribution in [0.1, 0.15) is 26.7 Å². The van der Waals surface area contributed by atoms with Crippen LogP contribution in [0.5, 0.6) is 0 Å². The number of esters is 1. The quantitative estimate of drug-likeness (QED) is 0.812. The van der Waals surface area contributed by atoms with E-state index < -0.39 is 23.0 Å². The molecule has 112 valence electrons. The maximum Gasteiger partial charge on any atom is 0.321 e. The van der Waals surface area contributed by atoms with Crippen molar-refractivity contribution in [2.45, 2.75) is 26.2 Å². The Bertz CT molecular complexity index is 668. The molecule has 0 N–H and O–H groups in total. The van der Waals surface area contributed by atoms with Crippen LogP contribution in [-0.4, -0.2) is 22.7 Å². The predicted molar refractivity (Wildman–Crippen MR) is 69.3 cm³/mol. The van der Waals surface area contributed by atoms with Gasteiger partial charge in [-0.25, -0.2) is 8.78 Å². The van der Waals surface area contributed by atoms with E-state index in [4.69, 9.17) is 9.26 Å². The Labute approximate surface area is 119 Å². The van der Waals surface area contributed by atoms with Gasteiger partial charge >= 0.3 is 5.97 Å². The predicted octanol–water partition coefficient (Wildman–Crippen LogP) is 2.86. The van der Waals surface area contributed by atoms with Gasteiger partial charge < -0.3 is 9.26 Å². The number of carbonyl (C=O) groups excluding carboxylic acids is 1. The fraction of sp³-hybridized carbons (Fsp3) is 0.357. The lowest BCUT2D eigenvalue weighted by Gasteiger charge is -2.16. The number of aromatic nitrogens is 2. The van der Waals surface area contributed by atoms with Gasteiger partial charge in [0.25, 0.3) is 0 Å². The molecule has 1 aromatic carbocycles. The molecule has 1 heterocycles. The summed E-state index contributed by atoms with van der Waals surface area (Å²) >= 11 is 0. The van der Waals surface area contributed by atoms with Gasteiger partial charge in [0.05, 0.1) is 6.61 Å². The Morgan fingerprint density at radius 1 is 1.33 bits per heavy atom. The molecule has 0 saturated carbocycles. The van der Waals surface area contributed by atoms with Gasteiger partial charge in [0.2, 0.25) is 11.7 Å². The van der Waals surface area contributed by atoms with Crippen LogP contribution in [0.2, 0.25) is 0 Å². The largest absolute Gasteiger partial charge is 0.465 e. The number of hydrogen-bond donors (Lipinski definition) is 0. The third kappa shape index (κ3) is 2.91. The van der Waals surface area contributed by atoms with Crippen molar-refractivity contribution in [2.24, 2.45) is 0 Å². The highest BCUT2D eigenvalue weighted by molar-refractivity contribution is 5.80. The third-order valence-corrected chi connectivity index (χ3v) is 2.92. The fourth-order valence-electron chi connectivity index (χ4n) is 1.63. The lowest BCUT2D eigenvalue weighted by molar-refractivity contribution is -0.149. The molecule has 2 rings (SSSR count). The van der Waals surface area contributed by atoms with Gasteiger partial charge in [-0.1, -0.05) is 5.16 Å². The standard InChI is InChI=1S/C14H14F2N2O3/c1-4-20-13(19)14(2,3)12-17-11(18-21-12)8-5-6-9(15)10(16)7-8/h5-7H,4H2,1-3H3. The number of nitrogens with zero attached hydrogens (tertiary/aromatic N) is 2. The smallest absolute Gasteiger partial charge is 0.321 e. The first-order valence-corrected chi connectivity index (χ1v) is 6.33. The summed E-state index contributed by atoms with van der Waals surface area (Å²) in [4.78, 5) is 15.9. The van der Waals surface area contributed by atoms with Gasteiger partial charge in [0, 0.05) is 5.56 Å². The molecule has 0 fully saturated rings. The van der Waals surface area contributed by atoms with Crippen molar-refractivity contribution in [2.75, 3.05) is 6.61 Å². The summed E-state index contributed by atoms with van der Waals surface area (Å²) in [6, 6.07) is 3.25. The molecule has 0 bridgehead atoms. The zero-order valence-electron chi connectivity index (χ0n) is 11.8. The molecule has 0 spiro atoms. The Balaban J connectivity index is 2.33. The van der Waals surface area contributed by atoms with Crippen molar-refractivity contribution in [1.29, 1.82) is 0 Å². The molecule has 0 saturated heterocycles. The number of halogens is 2. The average molecular weight is 296 g/mol. The number of carbonyl (C=O) groups is 1. The van der Waals surface area contributed by atoms with Crippen LogP contribution in [0.15, 0.2) is 22.7 Å². The number of hydrogen-bond acceptors (Lipinski definition) is 5. The van der Waals surface area contributed by atoms with E-state index >= 15 is 0 Å². The van der Waals surface area contributed by atoms with Crippen LogP contribution in [-0.2, 0) is 14.9 Å². The monoisotopic (exact) mass is 296 g/mol. The Hall–Kier alpha value is -2.31. The molecule has 5 nitrogen and oxygen atoms in total. The lowest BCUT2D eigenvalue weighted by Crippen LogP contribution is -2.31. The molecule has 0 aliphatic heterocycles. The fourth-order valence-corrected chi connectivity index (χ4v) is 1.63. The van der Waals surface area contributed by atoms with E-state index in [-0.39, 0.29) is 23.9 Å². The van der Waals surface area contributed by atoms with Gasteiger partial charge in [0.15, 0.2) is 11.6 Å². The topological polar surface area (TPSA) is 65.2 Å². The van der Waals surface area contributed by atoms with Crippen molar-refractivity contribution in [3.05, 3.63) is 35.7 Å². The highest BCUT2D eigenvalue weighted by atomic mass is 19.2. The summed E-state index contributed by atoms with van der Waals surface area (Å²) in [6.45, 7) is 5.07. The first kappa shape index (κ1) is 15.1. The van der Waals surface area contributed by atoms with Crippen molar-refractivity contribution in [1.82, 2.24) is 10.1 Å². The number of ether oxygens (including phenoxy) is 1. The Morgan fingerprint density at radius 2 is 2.05 bits per heavy atom. The first-order valence-electron chi connectivity index (χ1n) is 6.33. The van der Waals surface area contributed by atoms with Crippen molar-refractivity contribution >= 4 is 5.97 Å². The van der Waals surface area contributed by atoms with Crippen LogP contribution in [0.4, 0.5) is 8.78 Å². The van der Waals surface area contributed by atoms with Crippen molar-refractivity contribution in [3.8, 4) is 11.4 Å². The van der Waals surface area contributed by atoms with Gasteiger partial charge in [-0.05, 0) is 39.0 Å². The van der Waals surface area contributed by atoms with Gasteiger partial charge in [-0.15, -0.1) is 0 Å². The zero-order chi connectivity index (χ0) is 15.6. The first-order chi connectivity index (χ1) is 9.86. The van der Waals surface area contributed by atoms with E-state index in [1.54, 1.807) is 20.8 Å². The SMILES string of the molecule is CCOC(=O)C(C)(C)c1nc(-c2ccc(F)c(F)c2)no1. The Morgan fingerprint density at radius 3 is 2.67 bits per heavy atom. The van der Waals surface area contributed by atoms with Crippen LogP contribution < -0.4 is 0 Å². The summed E-state index contributed by atoms with van der Waals surface area (Å²) in [5.41, 5.74) is -0.872. The van der Waals surface area contributed by atoms with Crippen LogP contribution in [0, 0.1) is 11.6 Å². The second kappa shape index (κ2) is 5.59. The molecule has 0 amide bonds. The van der Waals surface area contributed by atoms with Gasteiger partial charge in [-0.3, -0.25) is 4.79 Å². The summed E-state index contributed by atoms with van der Waals surface area (Å²) in [7, 11) is 0. The maximum atomic E-state index is 13.2. The highest BCUT2D eigenvalue weighted by Gasteiger charge is 2.37. The molecule has 0 aliphatic rings. The molecule has 0 radical (unpaired) electrons. The highest BCUT2D eigenvalue weighted by Crippen LogP contribution is 2.26. The summed E-state index contributed by atoms with van der Waals surface area (Å²) in [5, 5.41) is 3.68. The van der Waals surface area contributed by atoms with E-state index in [1.165, 1.54) is 6.07 Å². The molecule has 0 aliphatic carbocycles. The molecule has 0 unspecified atom stereocenters. The molecule has 21 heavy (non-hydrogen) atoms. The molecule has 0 atom stereocenters.